The van der Waals surface area contributed by atoms with Crippen LogP contribution in [0, 0.1) is 17.5 Å². The molecule has 0 heterocycles. The summed E-state index contributed by atoms with van der Waals surface area (Å²) in [6.45, 7) is 0.622. The predicted octanol–water partition coefficient (Wildman–Crippen LogP) is 3.69. The van der Waals surface area contributed by atoms with Gasteiger partial charge < -0.3 is 10.4 Å². The van der Waals surface area contributed by atoms with Gasteiger partial charge in [0.2, 0.25) is 5.91 Å². The van der Waals surface area contributed by atoms with Crippen LogP contribution in [0.2, 0.25) is 0 Å². The van der Waals surface area contributed by atoms with E-state index < -0.39 is 17.5 Å². The molecule has 0 aliphatic carbocycles. The molecule has 8 heteroatoms. The van der Waals surface area contributed by atoms with Crippen LogP contribution in [-0.4, -0.2) is 35.6 Å². The molecule has 0 atom stereocenters. The summed E-state index contributed by atoms with van der Waals surface area (Å²) in [5.74, 6) is -2.81. The molecule has 0 fully saturated rings. The first kappa shape index (κ1) is 20.4. The number of halogens is 4. The maximum atomic E-state index is 13.9. The number of carbonyl (C=O) groups excluding carboxylic acids is 1. The fraction of sp³-hybridized carbons (Fsp3) is 0.278. The van der Waals surface area contributed by atoms with E-state index in [0.29, 0.717) is 5.56 Å². The SMILES string of the molecule is O=C(CCN(CCO)Cc1cc(Br)ccc1F)Nc1ccc(F)c(F)c1. The Labute approximate surface area is 157 Å². The minimum atomic E-state index is -1.05. The third kappa shape index (κ3) is 6.12. The molecule has 0 aliphatic heterocycles. The zero-order valence-corrected chi connectivity index (χ0v) is 15.4. The Kier molecular flexibility index (Phi) is 7.62. The zero-order chi connectivity index (χ0) is 19.1. The number of nitrogens with one attached hydrogen (secondary N) is 1. The van der Waals surface area contributed by atoms with E-state index in [9.17, 15) is 23.1 Å². The van der Waals surface area contributed by atoms with Gasteiger partial charge in [0.15, 0.2) is 11.6 Å². The van der Waals surface area contributed by atoms with Gasteiger partial charge in [0.05, 0.1) is 6.61 Å². The average molecular weight is 431 g/mol. The highest BCUT2D eigenvalue weighted by Crippen LogP contribution is 2.18. The van der Waals surface area contributed by atoms with Crippen LogP contribution < -0.4 is 5.32 Å². The number of hydrogen-bond donors (Lipinski definition) is 2. The lowest BCUT2D eigenvalue weighted by Gasteiger charge is -2.21. The highest BCUT2D eigenvalue weighted by molar-refractivity contribution is 9.10. The van der Waals surface area contributed by atoms with E-state index in [0.717, 1.165) is 16.6 Å². The Morgan fingerprint density at radius 3 is 2.46 bits per heavy atom. The van der Waals surface area contributed by atoms with E-state index in [1.807, 2.05) is 0 Å². The van der Waals surface area contributed by atoms with Gasteiger partial charge in [0.25, 0.3) is 0 Å². The van der Waals surface area contributed by atoms with Crippen LogP contribution in [0.25, 0.3) is 0 Å². The first-order valence-electron chi connectivity index (χ1n) is 7.91. The van der Waals surface area contributed by atoms with Crippen molar-refractivity contribution in [2.45, 2.75) is 13.0 Å². The van der Waals surface area contributed by atoms with Crippen molar-refractivity contribution >= 4 is 27.5 Å². The molecule has 0 spiro atoms. The summed E-state index contributed by atoms with van der Waals surface area (Å²) in [5, 5.41) is 11.6. The van der Waals surface area contributed by atoms with Crippen molar-refractivity contribution in [2.24, 2.45) is 0 Å². The minimum Gasteiger partial charge on any atom is -0.395 e. The smallest absolute Gasteiger partial charge is 0.225 e. The van der Waals surface area contributed by atoms with Gasteiger partial charge >= 0.3 is 0 Å². The fourth-order valence-electron chi connectivity index (χ4n) is 2.37. The Hall–Kier alpha value is -1.90. The van der Waals surface area contributed by atoms with E-state index >= 15 is 0 Å². The Bertz CT molecular complexity index is 774. The van der Waals surface area contributed by atoms with Crippen LogP contribution in [0.5, 0.6) is 0 Å². The monoisotopic (exact) mass is 430 g/mol. The molecule has 2 N–H and O–H groups in total. The fourth-order valence-corrected chi connectivity index (χ4v) is 2.78. The molecule has 0 bridgehead atoms. The van der Waals surface area contributed by atoms with Crippen LogP contribution in [0.15, 0.2) is 40.9 Å². The standard InChI is InChI=1S/C18H18BrF3N2O2/c19-13-1-3-15(20)12(9-13)11-24(7-8-25)6-5-18(26)23-14-2-4-16(21)17(22)10-14/h1-4,9-10,25H,5-8,11H2,(H,23,26). The summed E-state index contributed by atoms with van der Waals surface area (Å²) < 4.78 is 40.6. The average Bonchev–Trinajstić information content (AvgIpc) is 2.59. The number of anilines is 1. The normalized spacial score (nSPS) is 11.0. The number of aliphatic hydroxyl groups is 1. The summed E-state index contributed by atoms with van der Waals surface area (Å²) in [6, 6.07) is 7.66. The number of rotatable bonds is 8. The van der Waals surface area contributed by atoms with Gasteiger partial charge in [-0.25, -0.2) is 13.2 Å². The quantitative estimate of drug-likeness (QED) is 0.671. The van der Waals surface area contributed by atoms with Gasteiger partial charge in [-0.05, 0) is 30.3 Å². The van der Waals surface area contributed by atoms with E-state index in [4.69, 9.17) is 0 Å². The Balaban J connectivity index is 1.93. The summed E-state index contributed by atoms with van der Waals surface area (Å²) in [5.41, 5.74) is 0.592. The number of carbonyl (C=O) groups is 1. The minimum absolute atomic E-state index is 0.0502. The molecule has 0 unspecified atom stereocenters. The summed E-state index contributed by atoms with van der Waals surface area (Å²) in [7, 11) is 0. The largest absolute Gasteiger partial charge is 0.395 e. The third-order valence-corrected chi connectivity index (χ3v) is 4.17. The summed E-state index contributed by atoms with van der Waals surface area (Å²) >= 11 is 3.28. The van der Waals surface area contributed by atoms with Crippen molar-refractivity contribution in [1.82, 2.24) is 4.90 Å². The number of aliphatic hydroxyl groups excluding tert-OH is 1. The molecule has 0 radical (unpaired) electrons. The third-order valence-electron chi connectivity index (χ3n) is 3.68. The molecule has 26 heavy (non-hydrogen) atoms. The lowest BCUT2D eigenvalue weighted by Crippen LogP contribution is -2.30. The van der Waals surface area contributed by atoms with Crippen molar-refractivity contribution in [3.8, 4) is 0 Å². The second kappa shape index (κ2) is 9.70. The van der Waals surface area contributed by atoms with Crippen LogP contribution >= 0.6 is 15.9 Å². The summed E-state index contributed by atoms with van der Waals surface area (Å²) in [4.78, 5) is 13.7. The Morgan fingerprint density at radius 2 is 1.77 bits per heavy atom. The van der Waals surface area contributed by atoms with Gasteiger partial charge in [-0.1, -0.05) is 15.9 Å². The van der Waals surface area contributed by atoms with Crippen LogP contribution in [-0.2, 0) is 11.3 Å². The lowest BCUT2D eigenvalue weighted by molar-refractivity contribution is -0.116. The molecular weight excluding hydrogens is 413 g/mol. The number of hydrogen-bond acceptors (Lipinski definition) is 3. The molecule has 140 valence electrons. The molecular formula is C18H18BrF3N2O2. The lowest BCUT2D eigenvalue weighted by atomic mass is 10.2. The Morgan fingerprint density at radius 1 is 1.04 bits per heavy atom. The van der Waals surface area contributed by atoms with E-state index in [1.165, 1.54) is 12.1 Å². The second-order valence-electron chi connectivity index (χ2n) is 5.66. The highest BCUT2D eigenvalue weighted by Gasteiger charge is 2.13. The zero-order valence-electron chi connectivity index (χ0n) is 13.8. The van der Waals surface area contributed by atoms with Gasteiger partial charge in [-0.2, -0.15) is 0 Å². The van der Waals surface area contributed by atoms with Crippen molar-refractivity contribution in [2.75, 3.05) is 25.0 Å². The van der Waals surface area contributed by atoms with E-state index in [2.05, 4.69) is 21.2 Å². The van der Waals surface area contributed by atoms with Gasteiger partial charge in [-0.15, -0.1) is 0 Å². The van der Waals surface area contributed by atoms with E-state index in [-0.39, 0.29) is 44.2 Å². The first-order valence-corrected chi connectivity index (χ1v) is 8.70. The molecule has 2 aromatic carbocycles. The molecule has 0 saturated heterocycles. The van der Waals surface area contributed by atoms with E-state index in [1.54, 1.807) is 17.0 Å². The maximum Gasteiger partial charge on any atom is 0.225 e. The predicted molar refractivity (Wildman–Crippen MR) is 96.1 cm³/mol. The van der Waals surface area contributed by atoms with Crippen LogP contribution in [0.1, 0.15) is 12.0 Å². The molecule has 0 aliphatic rings. The molecule has 0 saturated carbocycles. The van der Waals surface area contributed by atoms with Gasteiger partial charge in [0.1, 0.15) is 5.82 Å². The number of amides is 1. The highest BCUT2D eigenvalue weighted by atomic mass is 79.9. The maximum absolute atomic E-state index is 13.9. The van der Waals surface area contributed by atoms with Gasteiger partial charge in [-0.3, -0.25) is 9.69 Å². The second-order valence-corrected chi connectivity index (χ2v) is 6.58. The number of nitrogens with zero attached hydrogens (tertiary/aromatic N) is 1. The first-order chi connectivity index (χ1) is 12.4. The van der Waals surface area contributed by atoms with Crippen molar-refractivity contribution in [1.29, 1.82) is 0 Å². The van der Waals surface area contributed by atoms with Crippen LogP contribution in [0.4, 0.5) is 18.9 Å². The molecule has 2 aromatic rings. The van der Waals surface area contributed by atoms with Gasteiger partial charge in [0, 0.05) is 47.8 Å². The molecule has 4 nitrogen and oxygen atoms in total. The molecule has 1 amide bonds. The topological polar surface area (TPSA) is 52.6 Å². The molecule has 2 rings (SSSR count). The molecule has 0 aromatic heterocycles. The summed E-state index contributed by atoms with van der Waals surface area (Å²) in [6.07, 6.45) is 0.0502. The van der Waals surface area contributed by atoms with Crippen molar-refractivity contribution in [3.63, 3.8) is 0 Å². The number of benzene rings is 2. The van der Waals surface area contributed by atoms with Crippen molar-refractivity contribution < 1.29 is 23.1 Å². The van der Waals surface area contributed by atoms with Crippen molar-refractivity contribution in [3.05, 3.63) is 63.9 Å². The van der Waals surface area contributed by atoms with Crippen LogP contribution in [0.3, 0.4) is 0 Å².